The molecule has 4 rings (SSSR count). The van der Waals surface area contributed by atoms with Gasteiger partial charge in [0, 0.05) is 29.2 Å². The molecule has 6 heteroatoms. The molecule has 0 saturated carbocycles. The van der Waals surface area contributed by atoms with Gasteiger partial charge in [0.25, 0.3) is 0 Å². The van der Waals surface area contributed by atoms with Gasteiger partial charge < -0.3 is 21.7 Å². The lowest BCUT2D eigenvalue weighted by Crippen LogP contribution is -2.24. The van der Waals surface area contributed by atoms with Crippen molar-refractivity contribution in [1.29, 1.82) is 0 Å². The monoisotopic (exact) mass is 648 g/mol. The van der Waals surface area contributed by atoms with E-state index in [0.717, 1.165) is 29.7 Å². The van der Waals surface area contributed by atoms with E-state index < -0.39 is 0 Å². The number of fused-ring (bicyclic) bond motifs is 1. The highest BCUT2D eigenvalue weighted by Gasteiger charge is 2.20. The molecule has 0 fully saturated rings. The van der Waals surface area contributed by atoms with Gasteiger partial charge in [-0.05, 0) is 93.3 Å². The normalized spacial score (nSPS) is 10.8. The van der Waals surface area contributed by atoms with Crippen molar-refractivity contribution in [3.05, 3.63) is 106 Å². The van der Waals surface area contributed by atoms with Crippen LogP contribution in [0.4, 0.5) is 0 Å². The smallest absolute Gasteiger partial charge is 0.0405 e. The van der Waals surface area contributed by atoms with E-state index >= 15 is 0 Å². The van der Waals surface area contributed by atoms with Crippen molar-refractivity contribution in [3.63, 3.8) is 0 Å². The van der Waals surface area contributed by atoms with Crippen LogP contribution in [0.15, 0.2) is 78.9 Å². The molecule has 3 aromatic carbocycles. The first-order valence-electron chi connectivity index (χ1n) is 16.0. The van der Waals surface area contributed by atoms with Gasteiger partial charge in [0.1, 0.15) is 0 Å². The molecule has 0 amide bonds. The van der Waals surface area contributed by atoms with E-state index in [1.54, 1.807) is 5.56 Å². The number of benzene rings is 3. The van der Waals surface area contributed by atoms with Crippen molar-refractivity contribution in [1.82, 2.24) is 16.0 Å². The molecule has 252 valence electrons. The summed E-state index contributed by atoms with van der Waals surface area (Å²) in [5.41, 5.74) is 10.3. The Bertz CT molecular complexity index is 939. The second-order valence-electron chi connectivity index (χ2n) is 11.8. The second kappa shape index (κ2) is 31.1. The van der Waals surface area contributed by atoms with Crippen LogP contribution < -0.4 is 21.7 Å². The third-order valence-corrected chi connectivity index (χ3v) is 6.15. The highest BCUT2D eigenvalue weighted by molar-refractivity contribution is 6.30. The zero-order valence-electron chi connectivity index (χ0n) is 30.0. The van der Waals surface area contributed by atoms with Gasteiger partial charge in [-0.1, -0.05) is 140 Å². The van der Waals surface area contributed by atoms with E-state index in [9.17, 15) is 0 Å². The average Bonchev–Trinajstić information content (AvgIpc) is 3.75. The zero-order chi connectivity index (χ0) is 34.4. The van der Waals surface area contributed by atoms with Crippen LogP contribution in [-0.2, 0) is 11.8 Å². The van der Waals surface area contributed by atoms with Crippen molar-refractivity contribution in [3.8, 4) is 0 Å². The summed E-state index contributed by atoms with van der Waals surface area (Å²) in [5.74, 6) is 0.630. The number of rotatable bonds is 5. The summed E-state index contributed by atoms with van der Waals surface area (Å²) in [6, 6.07) is 26.1. The lowest BCUT2D eigenvalue weighted by molar-refractivity contribution is 0.529. The first-order chi connectivity index (χ1) is 20.7. The first-order valence-corrected chi connectivity index (χ1v) is 16.7. The minimum absolute atomic E-state index is 0.317. The van der Waals surface area contributed by atoms with E-state index in [-0.39, 0.29) is 0 Å². The molecule has 1 aliphatic carbocycles. The maximum Gasteiger partial charge on any atom is 0.0405 e. The molecule has 1 atom stereocenters. The van der Waals surface area contributed by atoms with E-state index in [1.807, 2.05) is 88.7 Å². The molecule has 1 aliphatic rings. The van der Waals surface area contributed by atoms with Crippen LogP contribution in [0.2, 0.25) is 10.0 Å². The lowest BCUT2D eigenvalue weighted by atomic mass is 9.87. The predicted octanol–water partition coefficient (Wildman–Crippen LogP) is 9.63. The Balaban J connectivity index is -0.000000465. The Labute approximate surface area is 282 Å². The molecule has 4 nitrogen and oxygen atoms in total. The lowest BCUT2D eigenvalue weighted by Gasteiger charge is -2.18. The molecular weight excluding hydrogens is 583 g/mol. The van der Waals surface area contributed by atoms with Crippen molar-refractivity contribution in [2.75, 3.05) is 40.8 Å². The molecule has 0 saturated heterocycles. The molecule has 3 aromatic rings. The fraction of sp³-hybridized carbons (Fsp3) is 0.526. The Morgan fingerprint density at radius 1 is 0.727 bits per heavy atom. The van der Waals surface area contributed by atoms with Gasteiger partial charge in [-0.3, -0.25) is 0 Å². The van der Waals surface area contributed by atoms with Crippen LogP contribution in [0.3, 0.4) is 0 Å². The first kappa shape index (κ1) is 46.5. The van der Waals surface area contributed by atoms with E-state index in [2.05, 4.69) is 89.5 Å². The predicted molar refractivity (Wildman–Crippen MR) is 203 cm³/mol. The molecule has 0 aromatic heterocycles. The van der Waals surface area contributed by atoms with E-state index in [4.69, 9.17) is 28.9 Å². The average molecular weight is 650 g/mol. The fourth-order valence-corrected chi connectivity index (χ4v) is 2.87. The van der Waals surface area contributed by atoms with Gasteiger partial charge in [-0.25, -0.2) is 0 Å². The summed E-state index contributed by atoms with van der Waals surface area (Å²) in [6.45, 7) is 22.6. The molecule has 44 heavy (non-hydrogen) atoms. The van der Waals surface area contributed by atoms with Crippen molar-refractivity contribution >= 4 is 23.2 Å². The summed E-state index contributed by atoms with van der Waals surface area (Å²) >= 11 is 11.1. The highest BCUT2D eigenvalue weighted by atomic mass is 35.5. The molecular formula is C38H66Cl2N4. The van der Waals surface area contributed by atoms with Crippen LogP contribution in [0.25, 0.3) is 0 Å². The van der Waals surface area contributed by atoms with Crippen LogP contribution in [0, 0.1) is 5.92 Å². The molecule has 0 aliphatic heterocycles. The quantitative estimate of drug-likeness (QED) is 0.163. The second-order valence-corrected chi connectivity index (χ2v) is 12.6. The van der Waals surface area contributed by atoms with Gasteiger partial charge >= 0.3 is 0 Å². The maximum atomic E-state index is 5.54. The number of nitrogens with one attached hydrogen (secondary N) is 3. The highest BCUT2D eigenvalue weighted by Crippen LogP contribution is 2.32. The van der Waals surface area contributed by atoms with Gasteiger partial charge in [0.15, 0.2) is 0 Å². The van der Waals surface area contributed by atoms with Crippen LogP contribution >= 0.6 is 23.2 Å². The summed E-state index contributed by atoms with van der Waals surface area (Å²) in [5, 5.41) is 10.6. The van der Waals surface area contributed by atoms with Gasteiger partial charge in [0.05, 0.1) is 0 Å². The Morgan fingerprint density at radius 2 is 1.14 bits per heavy atom. The van der Waals surface area contributed by atoms with Crippen molar-refractivity contribution < 1.29 is 0 Å². The molecule has 0 bridgehead atoms. The van der Waals surface area contributed by atoms with Gasteiger partial charge in [-0.15, -0.1) is 0 Å². The maximum absolute atomic E-state index is 5.54. The van der Waals surface area contributed by atoms with E-state index in [0.29, 0.717) is 17.4 Å². The molecule has 0 heterocycles. The minimum Gasteiger partial charge on any atom is -0.328 e. The van der Waals surface area contributed by atoms with Crippen molar-refractivity contribution in [2.45, 2.75) is 86.6 Å². The number of hydrogen-bond donors (Lipinski definition) is 4. The third kappa shape index (κ3) is 33.0. The van der Waals surface area contributed by atoms with E-state index in [1.165, 1.54) is 24.0 Å². The minimum atomic E-state index is 0.317. The number of hydrogen-bond acceptors (Lipinski definition) is 4. The van der Waals surface area contributed by atoms with Crippen LogP contribution in [-0.4, -0.2) is 46.8 Å². The molecule has 0 spiro atoms. The largest absolute Gasteiger partial charge is 0.328 e. The summed E-state index contributed by atoms with van der Waals surface area (Å²) in [6.07, 6.45) is 2.48. The Hall–Kier alpha value is -1.92. The van der Waals surface area contributed by atoms with Crippen LogP contribution in [0.5, 0.6) is 0 Å². The van der Waals surface area contributed by atoms with Gasteiger partial charge in [0.2, 0.25) is 0 Å². The van der Waals surface area contributed by atoms with Gasteiger partial charge in [-0.2, -0.15) is 0 Å². The SMILES string of the molecule is CC(C)(C)c1ccc2c(c1)C2.CC(C)C(C)N.CCC.CCNCCNC.CNC.Clc1ccccc1.Clc1ccccc1. The number of likely N-dealkylation sites (N-methyl/N-ethyl adjacent to an activating group) is 2. The number of halogens is 2. The van der Waals surface area contributed by atoms with Crippen molar-refractivity contribution in [2.24, 2.45) is 11.7 Å². The van der Waals surface area contributed by atoms with Crippen LogP contribution in [0.1, 0.15) is 85.4 Å². The molecule has 5 N–H and O–H groups in total. The summed E-state index contributed by atoms with van der Waals surface area (Å²) < 4.78 is 0. The standard InChI is InChI=1S/C11H14.2C6H5Cl.C5H14N2.C5H13N.C3H8.C2H7N/c1-11(2,3)10-5-4-8-6-9(8)7-10;2*7-6-4-2-1-3-5-6;1-3-7-5-4-6-2;1-4(2)5(3)6;2*1-3-2/h4-5,7H,6H2,1-3H3;2*1-5H;6-7H,3-5H2,1-2H3;4-5H,6H2,1-3H3;3H2,1-2H3;3H,1-2H3. The third-order valence-electron chi connectivity index (χ3n) is 5.65. The summed E-state index contributed by atoms with van der Waals surface area (Å²) in [4.78, 5) is 0. The zero-order valence-corrected chi connectivity index (χ0v) is 31.5. The molecule has 1 unspecified atom stereocenters. The Morgan fingerprint density at radius 3 is 1.39 bits per heavy atom. The number of nitrogens with two attached hydrogens (primary N) is 1. The summed E-state index contributed by atoms with van der Waals surface area (Å²) in [7, 11) is 5.71. The topological polar surface area (TPSA) is 62.1 Å². The Kier molecular flexibility index (Phi) is 32.8. The fourth-order valence-electron chi connectivity index (χ4n) is 2.58. The molecule has 0 radical (unpaired) electrons.